The van der Waals surface area contributed by atoms with Crippen molar-refractivity contribution in [2.75, 3.05) is 0 Å². The first-order valence-corrected chi connectivity index (χ1v) is 6.30. The van der Waals surface area contributed by atoms with Crippen LogP contribution in [0.4, 0.5) is 0 Å². The minimum Gasteiger partial charge on any atom is -0.0820 e. The molecule has 0 atom stereocenters. The molecule has 0 amide bonds. The highest BCUT2D eigenvalue weighted by atomic mass is 14.0. The van der Waals surface area contributed by atoms with Crippen molar-refractivity contribution in [2.24, 2.45) is 5.92 Å². The van der Waals surface area contributed by atoms with Crippen LogP contribution < -0.4 is 0 Å². The maximum Gasteiger partial charge on any atom is -0.0270 e. The maximum atomic E-state index is 2.20. The molecular formula is C18H30. The molecule has 0 aliphatic carbocycles. The molecule has 0 rings (SSSR count). The van der Waals surface area contributed by atoms with Crippen LogP contribution in [0, 0.1) is 5.92 Å². The van der Waals surface area contributed by atoms with Gasteiger partial charge in [0.2, 0.25) is 0 Å². The van der Waals surface area contributed by atoms with Gasteiger partial charge in [0, 0.05) is 0 Å². The first-order valence-electron chi connectivity index (χ1n) is 6.30. The quantitative estimate of drug-likeness (QED) is 0.503. The van der Waals surface area contributed by atoms with Gasteiger partial charge in [0.25, 0.3) is 0 Å². The Morgan fingerprint density at radius 3 is 2.00 bits per heavy atom. The van der Waals surface area contributed by atoms with E-state index in [4.69, 9.17) is 0 Å². The second-order valence-corrected chi connectivity index (χ2v) is 4.83. The number of allylic oxidation sites excluding steroid dienone is 10. The lowest BCUT2D eigenvalue weighted by Gasteiger charge is -2.00. The van der Waals surface area contributed by atoms with Gasteiger partial charge in [-0.05, 0) is 44.8 Å². The predicted molar refractivity (Wildman–Crippen MR) is 86.8 cm³/mol. The molecule has 0 bridgehead atoms. The molecule has 0 saturated carbocycles. The first kappa shape index (κ1) is 19.0. The lowest BCUT2D eigenvalue weighted by molar-refractivity contribution is 0.832. The van der Waals surface area contributed by atoms with Gasteiger partial charge in [0.15, 0.2) is 0 Å². The van der Waals surface area contributed by atoms with Gasteiger partial charge in [0.1, 0.15) is 0 Å². The van der Waals surface area contributed by atoms with E-state index in [2.05, 4.69) is 84.1 Å². The Balaban J connectivity index is 0. The summed E-state index contributed by atoms with van der Waals surface area (Å²) in [5.74, 6) is 0.606. The summed E-state index contributed by atoms with van der Waals surface area (Å²) < 4.78 is 0. The van der Waals surface area contributed by atoms with Crippen LogP contribution in [-0.2, 0) is 0 Å². The number of hydrogen-bond donors (Lipinski definition) is 0. The first-order chi connectivity index (χ1) is 7.97. The fourth-order valence-electron chi connectivity index (χ4n) is 1.32. The minimum atomic E-state index is 0. The van der Waals surface area contributed by atoms with E-state index in [0.717, 1.165) is 0 Å². The third-order valence-electron chi connectivity index (χ3n) is 2.31. The lowest BCUT2D eigenvalue weighted by Crippen LogP contribution is -1.81. The molecule has 0 heteroatoms. The minimum absolute atomic E-state index is 0. The zero-order valence-corrected chi connectivity index (χ0v) is 12.1. The van der Waals surface area contributed by atoms with Crippen molar-refractivity contribution in [1.29, 1.82) is 0 Å². The summed E-state index contributed by atoms with van der Waals surface area (Å²) in [5.41, 5.74) is 3.89. The van der Waals surface area contributed by atoms with Crippen LogP contribution in [0.3, 0.4) is 0 Å². The summed E-state index contributed by atoms with van der Waals surface area (Å²) in [6.07, 6.45) is 15.0. The number of rotatable bonds is 5. The highest BCUT2D eigenvalue weighted by Gasteiger charge is 1.92. The zero-order chi connectivity index (χ0) is 13.3. The van der Waals surface area contributed by atoms with E-state index in [0.29, 0.717) is 5.92 Å². The van der Waals surface area contributed by atoms with E-state index < -0.39 is 0 Å². The summed E-state index contributed by atoms with van der Waals surface area (Å²) in [6.45, 7) is 12.8. The average molecular weight is 246 g/mol. The van der Waals surface area contributed by atoms with E-state index in [1.54, 1.807) is 0 Å². The SMILES string of the molecule is C.C/C=C(\C=C/C=C(C)C)C(/C)=C/C=C\C(C)C. The summed E-state index contributed by atoms with van der Waals surface area (Å²) in [6, 6.07) is 0. The monoisotopic (exact) mass is 246 g/mol. The van der Waals surface area contributed by atoms with E-state index in [-0.39, 0.29) is 7.43 Å². The third kappa shape index (κ3) is 9.89. The van der Waals surface area contributed by atoms with E-state index >= 15 is 0 Å². The van der Waals surface area contributed by atoms with E-state index in [1.165, 1.54) is 16.7 Å². The normalized spacial score (nSPS) is 13.3. The Labute approximate surface area is 115 Å². The Hall–Kier alpha value is -1.30. The third-order valence-corrected chi connectivity index (χ3v) is 2.31. The van der Waals surface area contributed by atoms with Crippen LogP contribution in [-0.4, -0.2) is 0 Å². The summed E-state index contributed by atoms with van der Waals surface area (Å²) in [7, 11) is 0. The summed E-state index contributed by atoms with van der Waals surface area (Å²) in [5, 5.41) is 0. The molecule has 0 heterocycles. The van der Waals surface area contributed by atoms with Gasteiger partial charge in [-0.3, -0.25) is 0 Å². The van der Waals surface area contributed by atoms with Gasteiger partial charge in [0.05, 0.1) is 0 Å². The van der Waals surface area contributed by atoms with Crippen LogP contribution in [0.5, 0.6) is 0 Å². The Bertz CT molecular complexity index is 353. The molecule has 102 valence electrons. The fraction of sp³-hybridized carbons (Fsp3) is 0.444. The highest BCUT2D eigenvalue weighted by molar-refractivity contribution is 5.40. The van der Waals surface area contributed by atoms with Gasteiger partial charge in [-0.2, -0.15) is 0 Å². The second kappa shape index (κ2) is 10.8. The maximum absolute atomic E-state index is 2.20. The number of hydrogen-bond acceptors (Lipinski definition) is 0. The van der Waals surface area contributed by atoms with Crippen molar-refractivity contribution in [3.63, 3.8) is 0 Å². The largest absolute Gasteiger partial charge is 0.0820 e. The molecule has 0 aromatic heterocycles. The van der Waals surface area contributed by atoms with E-state index in [1.807, 2.05) is 0 Å². The highest BCUT2D eigenvalue weighted by Crippen LogP contribution is 2.11. The Morgan fingerprint density at radius 1 is 0.944 bits per heavy atom. The van der Waals surface area contributed by atoms with Crippen molar-refractivity contribution < 1.29 is 0 Å². The van der Waals surface area contributed by atoms with Crippen LogP contribution in [0.1, 0.15) is 49.0 Å². The van der Waals surface area contributed by atoms with Gasteiger partial charge in [-0.25, -0.2) is 0 Å². The van der Waals surface area contributed by atoms with E-state index in [9.17, 15) is 0 Å². The Morgan fingerprint density at radius 2 is 1.56 bits per heavy atom. The zero-order valence-electron chi connectivity index (χ0n) is 12.1. The van der Waals surface area contributed by atoms with Gasteiger partial charge < -0.3 is 0 Å². The molecule has 0 unspecified atom stereocenters. The molecule has 0 fully saturated rings. The summed E-state index contributed by atoms with van der Waals surface area (Å²) in [4.78, 5) is 0. The summed E-state index contributed by atoms with van der Waals surface area (Å²) >= 11 is 0. The molecular weight excluding hydrogens is 216 g/mol. The van der Waals surface area contributed by atoms with Crippen molar-refractivity contribution in [3.05, 3.63) is 59.3 Å². The topological polar surface area (TPSA) is 0 Å². The molecule has 0 spiro atoms. The molecule has 18 heavy (non-hydrogen) atoms. The van der Waals surface area contributed by atoms with Gasteiger partial charge in [-0.15, -0.1) is 0 Å². The van der Waals surface area contributed by atoms with Crippen molar-refractivity contribution in [3.8, 4) is 0 Å². The van der Waals surface area contributed by atoms with Gasteiger partial charge in [-0.1, -0.05) is 69.4 Å². The molecule has 0 aliphatic rings. The van der Waals surface area contributed by atoms with Crippen LogP contribution in [0.25, 0.3) is 0 Å². The fourth-order valence-corrected chi connectivity index (χ4v) is 1.32. The van der Waals surface area contributed by atoms with Crippen molar-refractivity contribution in [1.82, 2.24) is 0 Å². The van der Waals surface area contributed by atoms with Crippen LogP contribution in [0.2, 0.25) is 0 Å². The van der Waals surface area contributed by atoms with Gasteiger partial charge >= 0.3 is 0 Å². The lowest BCUT2D eigenvalue weighted by atomic mass is 10.1. The smallest absolute Gasteiger partial charge is 0.0270 e. The van der Waals surface area contributed by atoms with Crippen molar-refractivity contribution >= 4 is 0 Å². The predicted octanol–water partition coefficient (Wildman–Crippen LogP) is 6.25. The molecule has 0 radical (unpaired) electrons. The molecule has 0 aliphatic heterocycles. The standard InChI is InChI=1S/C17H26.CH4/c1-7-17(13-9-11-15(4)5)16(6)12-8-10-14(2)3;/h7-14H,1-6H3;1H4/b10-8-,13-9-,16-12+,17-7+;. The van der Waals surface area contributed by atoms with Crippen LogP contribution >= 0.6 is 0 Å². The second-order valence-electron chi connectivity index (χ2n) is 4.83. The molecule has 0 aromatic carbocycles. The Kier molecular flexibility index (Phi) is 11.5. The molecule has 0 nitrogen and oxygen atoms in total. The molecule has 0 N–H and O–H groups in total. The van der Waals surface area contributed by atoms with Crippen molar-refractivity contribution in [2.45, 2.75) is 49.0 Å². The molecule has 0 saturated heterocycles. The van der Waals surface area contributed by atoms with Crippen LogP contribution in [0.15, 0.2) is 59.3 Å². The molecule has 0 aromatic rings. The average Bonchev–Trinajstić information content (AvgIpc) is 2.23.